The number of nitrogens with one attached hydrogen (secondary N) is 1. The van der Waals surface area contributed by atoms with Gasteiger partial charge < -0.3 is 14.8 Å². The van der Waals surface area contributed by atoms with Crippen LogP contribution in [0.3, 0.4) is 0 Å². The van der Waals surface area contributed by atoms with E-state index in [1.807, 2.05) is 18.2 Å². The zero-order chi connectivity index (χ0) is 14.2. The summed E-state index contributed by atoms with van der Waals surface area (Å²) in [7, 11) is 1.62. The molecule has 0 radical (unpaired) electrons. The highest BCUT2D eigenvalue weighted by Gasteiger charge is 2.26. The molecule has 0 unspecified atom stereocenters. The number of rotatable bonds is 6. The number of hydrogen-bond donors (Lipinski definition) is 1. The average molecular weight is 278 g/mol. The highest BCUT2D eigenvalue weighted by Crippen LogP contribution is 2.10. The van der Waals surface area contributed by atoms with Gasteiger partial charge in [0.15, 0.2) is 0 Å². The fourth-order valence-electron chi connectivity index (χ4n) is 2.24. The highest BCUT2D eigenvalue weighted by molar-refractivity contribution is 5.81. The van der Waals surface area contributed by atoms with Crippen molar-refractivity contribution in [1.82, 2.24) is 10.2 Å². The first-order valence-corrected chi connectivity index (χ1v) is 6.94. The number of carbonyl (C=O) groups excluding carboxylic acids is 1. The van der Waals surface area contributed by atoms with E-state index in [-0.39, 0.29) is 12.0 Å². The second-order valence-electron chi connectivity index (χ2n) is 4.86. The zero-order valence-electron chi connectivity index (χ0n) is 11.9. The molecule has 1 N–H and O–H groups in total. The summed E-state index contributed by atoms with van der Waals surface area (Å²) in [5, 5.41) is 2.82. The SMILES string of the molecule is COCCNC(=O)[C@H]1CN(Cc2ccccc2)CCO1. The molecule has 1 heterocycles. The summed E-state index contributed by atoms with van der Waals surface area (Å²) in [6, 6.07) is 10.3. The van der Waals surface area contributed by atoms with Crippen LogP contribution in [0.5, 0.6) is 0 Å². The molecule has 1 aliphatic rings. The predicted octanol–water partition coefficient (Wildman–Crippen LogP) is 0.650. The summed E-state index contributed by atoms with van der Waals surface area (Å²) in [5.74, 6) is -0.0557. The average Bonchev–Trinajstić information content (AvgIpc) is 2.49. The van der Waals surface area contributed by atoms with Crippen LogP contribution >= 0.6 is 0 Å². The van der Waals surface area contributed by atoms with Gasteiger partial charge in [-0.15, -0.1) is 0 Å². The van der Waals surface area contributed by atoms with Crippen LogP contribution in [0.25, 0.3) is 0 Å². The molecule has 1 aromatic rings. The van der Waals surface area contributed by atoms with E-state index in [4.69, 9.17) is 9.47 Å². The summed E-state index contributed by atoms with van der Waals surface area (Å²) >= 11 is 0. The number of morpholine rings is 1. The molecule has 110 valence electrons. The lowest BCUT2D eigenvalue weighted by atomic mass is 10.2. The molecule has 0 saturated carbocycles. The Hall–Kier alpha value is -1.43. The minimum Gasteiger partial charge on any atom is -0.383 e. The first kappa shape index (κ1) is 15.0. The van der Waals surface area contributed by atoms with E-state index in [1.54, 1.807) is 7.11 Å². The smallest absolute Gasteiger partial charge is 0.250 e. The Morgan fingerprint density at radius 1 is 1.45 bits per heavy atom. The maximum atomic E-state index is 12.0. The lowest BCUT2D eigenvalue weighted by Crippen LogP contribution is -2.49. The van der Waals surface area contributed by atoms with Gasteiger partial charge in [-0.25, -0.2) is 0 Å². The molecule has 20 heavy (non-hydrogen) atoms. The molecule has 1 aliphatic heterocycles. The van der Waals surface area contributed by atoms with Crippen molar-refractivity contribution in [2.75, 3.05) is 40.0 Å². The van der Waals surface area contributed by atoms with Gasteiger partial charge in [0.1, 0.15) is 6.10 Å². The number of hydrogen-bond acceptors (Lipinski definition) is 4. The van der Waals surface area contributed by atoms with E-state index in [0.717, 1.165) is 13.1 Å². The molecular formula is C15H22N2O3. The van der Waals surface area contributed by atoms with Crippen molar-refractivity contribution in [2.24, 2.45) is 0 Å². The third-order valence-electron chi connectivity index (χ3n) is 3.30. The van der Waals surface area contributed by atoms with Crippen molar-refractivity contribution < 1.29 is 14.3 Å². The van der Waals surface area contributed by atoms with E-state index in [0.29, 0.717) is 26.3 Å². The summed E-state index contributed by atoms with van der Waals surface area (Å²) in [4.78, 5) is 14.2. The van der Waals surface area contributed by atoms with E-state index >= 15 is 0 Å². The van der Waals surface area contributed by atoms with Gasteiger partial charge in [0.2, 0.25) is 0 Å². The molecule has 0 aromatic heterocycles. The van der Waals surface area contributed by atoms with Gasteiger partial charge in [0.25, 0.3) is 5.91 Å². The normalized spacial score (nSPS) is 19.8. The number of carbonyl (C=O) groups is 1. The molecule has 5 heteroatoms. The number of methoxy groups -OCH3 is 1. The number of ether oxygens (including phenoxy) is 2. The summed E-state index contributed by atoms with van der Waals surface area (Å²) < 4.78 is 10.5. The van der Waals surface area contributed by atoms with Crippen LogP contribution in [0.15, 0.2) is 30.3 Å². The Morgan fingerprint density at radius 2 is 2.25 bits per heavy atom. The molecule has 2 rings (SSSR count). The van der Waals surface area contributed by atoms with Gasteiger partial charge >= 0.3 is 0 Å². The Morgan fingerprint density at radius 3 is 3.00 bits per heavy atom. The topological polar surface area (TPSA) is 50.8 Å². The van der Waals surface area contributed by atoms with Gasteiger partial charge in [0.05, 0.1) is 13.2 Å². The Bertz CT molecular complexity index is 411. The predicted molar refractivity (Wildman–Crippen MR) is 76.3 cm³/mol. The van der Waals surface area contributed by atoms with Gasteiger partial charge in [0, 0.05) is 33.3 Å². The Labute approximate surface area is 119 Å². The molecule has 0 aliphatic carbocycles. The maximum Gasteiger partial charge on any atom is 0.250 e. The van der Waals surface area contributed by atoms with Crippen molar-refractivity contribution in [1.29, 1.82) is 0 Å². The van der Waals surface area contributed by atoms with Crippen LogP contribution in [-0.2, 0) is 20.8 Å². The van der Waals surface area contributed by atoms with Crippen LogP contribution in [0, 0.1) is 0 Å². The van der Waals surface area contributed by atoms with Crippen LogP contribution in [-0.4, -0.2) is 56.9 Å². The van der Waals surface area contributed by atoms with Gasteiger partial charge in [-0.3, -0.25) is 9.69 Å². The third-order valence-corrected chi connectivity index (χ3v) is 3.30. The number of nitrogens with zero attached hydrogens (tertiary/aromatic N) is 1. The van der Waals surface area contributed by atoms with Crippen LogP contribution in [0.1, 0.15) is 5.56 Å². The Kier molecular flexibility index (Phi) is 5.98. The summed E-state index contributed by atoms with van der Waals surface area (Å²) in [5.41, 5.74) is 1.26. The molecule has 1 atom stereocenters. The molecule has 1 saturated heterocycles. The van der Waals surface area contributed by atoms with Crippen molar-refractivity contribution in [3.8, 4) is 0 Å². The van der Waals surface area contributed by atoms with Gasteiger partial charge in [-0.1, -0.05) is 30.3 Å². The fraction of sp³-hybridized carbons (Fsp3) is 0.533. The first-order valence-electron chi connectivity index (χ1n) is 6.94. The molecular weight excluding hydrogens is 256 g/mol. The quantitative estimate of drug-likeness (QED) is 0.776. The molecule has 0 bridgehead atoms. The van der Waals surface area contributed by atoms with Crippen molar-refractivity contribution in [3.05, 3.63) is 35.9 Å². The van der Waals surface area contributed by atoms with Crippen molar-refractivity contribution in [2.45, 2.75) is 12.6 Å². The summed E-state index contributed by atoms with van der Waals surface area (Å²) in [6.45, 7) is 3.98. The lowest BCUT2D eigenvalue weighted by Gasteiger charge is -2.32. The first-order chi connectivity index (χ1) is 9.79. The number of amides is 1. The second-order valence-corrected chi connectivity index (χ2v) is 4.86. The highest BCUT2D eigenvalue weighted by atomic mass is 16.5. The van der Waals surface area contributed by atoms with Crippen LogP contribution in [0.4, 0.5) is 0 Å². The van der Waals surface area contributed by atoms with Gasteiger partial charge in [-0.05, 0) is 5.56 Å². The molecule has 1 amide bonds. The zero-order valence-corrected chi connectivity index (χ0v) is 11.9. The molecule has 1 aromatic carbocycles. The summed E-state index contributed by atoms with van der Waals surface area (Å²) in [6.07, 6.45) is -0.385. The van der Waals surface area contributed by atoms with Crippen LogP contribution in [0.2, 0.25) is 0 Å². The molecule has 5 nitrogen and oxygen atoms in total. The van der Waals surface area contributed by atoms with Crippen molar-refractivity contribution >= 4 is 5.91 Å². The minimum absolute atomic E-state index is 0.0557. The Balaban J connectivity index is 1.80. The van der Waals surface area contributed by atoms with E-state index in [2.05, 4.69) is 22.3 Å². The van der Waals surface area contributed by atoms with Crippen molar-refractivity contribution in [3.63, 3.8) is 0 Å². The minimum atomic E-state index is -0.385. The number of benzene rings is 1. The largest absolute Gasteiger partial charge is 0.383 e. The van der Waals surface area contributed by atoms with E-state index < -0.39 is 0 Å². The lowest BCUT2D eigenvalue weighted by molar-refractivity contribution is -0.139. The van der Waals surface area contributed by atoms with Gasteiger partial charge in [-0.2, -0.15) is 0 Å². The van der Waals surface area contributed by atoms with E-state index in [9.17, 15) is 4.79 Å². The van der Waals surface area contributed by atoms with Crippen LogP contribution < -0.4 is 5.32 Å². The van der Waals surface area contributed by atoms with E-state index in [1.165, 1.54) is 5.56 Å². The molecule has 0 spiro atoms. The third kappa shape index (κ3) is 4.59. The standard InChI is InChI=1S/C15H22N2O3/c1-19-9-7-16-15(18)14-12-17(8-10-20-14)11-13-5-3-2-4-6-13/h2-6,14H,7-12H2,1H3,(H,16,18)/t14-/m1/s1. The molecule has 1 fully saturated rings. The monoisotopic (exact) mass is 278 g/mol. The fourth-order valence-corrected chi connectivity index (χ4v) is 2.24. The maximum absolute atomic E-state index is 12.0. The second kappa shape index (κ2) is 7.99.